The summed E-state index contributed by atoms with van der Waals surface area (Å²) in [5.41, 5.74) is 1.09. The molecule has 1 unspecified atom stereocenters. The number of hydrogen-bond acceptors (Lipinski definition) is 2. The molecule has 0 saturated heterocycles. The van der Waals surface area contributed by atoms with Gasteiger partial charge < -0.3 is 9.88 Å². The minimum Gasteiger partial charge on any atom is -0.340 e. The summed E-state index contributed by atoms with van der Waals surface area (Å²) in [4.78, 5) is 4.19. The highest BCUT2D eigenvalue weighted by molar-refractivity contribution is 5.01. The van der Waals surface area contributed by atoms with Gasteiger partial charge in [-0.15, -0.1) is 0 Å². The van der Waals surface area contributed by atoms with E-state index >= 15 is 0 Å². The van der Waals surface area contributed by atoms with Crippen LogP contribution >= 0.6 is 0 Å². The Morgan fingerprint density at radius 1 is 1.70 bits per heavy atom. The van der Waals surface area contributed by atoms with Crippen molar-refractivity contribution in [3.63, 3.8) is 0 Å². The monoisotopic (exact) mass is 139 g/mol. The summed E-state index contributed by atoms with van der Waals surface area (Å²) in [5, 5.41) is 3.12. The van der Waals surface area contributed by atoms with Crippen LogP contribution < -0.4 is 5.32 Å². The van der Waals surface area contributed by atoms with Crippen molar-refractivity contribution < 1.29 is 0 Å². The van der Waals surface area contributed by atoms with Crippen LogP contribution in [0.25, 0.3) is 0 Å². The highest BCUT2D eigenvalue weighted by atomic mass is 15.0. The summed E-state index contributed by atoms with van der Waals surface area (Å²) < 4.78 is 1.95. The Kier molecular flexibility index (Phi) is 2.06. The fourth-order valence-electron chi connectivity index (χ4n) is 0.805. The maximum atomic E-state index is 4.19. The van der Waals surface area contributed by atoms with E-state index in [2.05, 4.69) is 17.2 Å². The Labute approximate surface area is 61.1 Å². The molecule has 0 aliphatic rings. The van der Waals surface area contributed by atoms with Crippen molar-refractivity contribution in [1.29, 1.82) is 0 Å². The van der Waals surface area contributed by atoms with E-state index in [4.69, 9.17) is 0 Å². The van der Waals surface area contributed by atoms with Crippen molar-refractivity contribution in [3.8, 4) is 0 Å². The van der Waals surface area contributed by atoms with Gasteiger partial charge in [-0.25, -0.2) is 4.98 Å². The first kappa shape index (κ1) is 7.28. The van der Waals surface area contributed by atoms with Crippen LogP contribution in [0.15, 0.2) is 12.5 Å². The summed E-state index contributed by atoms with van der Waals surface area (Å²) in [6.45, 7) is 2.09. The summed E-state index contributed by atoms with van der Waals surface area (Å²) in [7, 11) is 3.90. The summed E-state index contributed by atoms with van der Waals surface area (Å²) in [5.74, 6) is 0. The van der Waals surface area contributed by atoms with E-state index < -0.39 is 0 Å². The van der Waals surface area contributed by atoms with Gasteiger partial charge in [0.15, 0.2) is 0 Å². The number of aryl methyl sites for hydroxylation is 1. The Morgan fingerprint density at radius 2 is 2.40 bits per heavy atom. The largest absolute Gasteiger partial charge is 0.340 e. The quantitative estimate of drug-likeness (QED) is 0.653. The van der Waals surface area contributed by atoms with Gasteiger partial charge in [0.25, 0.3) is 0 Å². The van der Waals surface area contributed by atoms with E-state index in [0.717, 1.165) is 5.69 Å². The van der Waals surface area contributed by atoms with Gasteiger partial charge in [-0.2, -0.15) is 0 Å². The van der Waals surface area contributed by atoms with Crippen molar-refractivity contribution in [1.82, 2.24) is 14.9 Å². The number of hydrogen-bond donors (Lipinski definition) is 1. The van der Waals surface area contributed by atoms with Crippen LogP contribution in [0.1, 0.15) is 18.7 Å². The highest BCUT2D eigenvalue weighted by Crippen LogP contribution is 2.06. The fraction of sp³-hybridized carbons (Fsp3) is 0.571. The van der Waals surface area contributed by atoms with Crippen LogP contribution in [0, 0.1) is 0 Å². The molecule has 0 amide bonds. The molecule has 0 saturated carbocycles. The summed E-state index contributed by atoms with van der Waals surface area (Å²) in [6.07, 6.45) is 3.82. The molecule has 1 rings (SSSR count). The molecule has 0 spiro atoms. The van der Waals surface area contributed by atoms with Gasteiger partial charge in [-0.3, -0.25) is 0 Å². The van der Waals surface area contributed by atoms with Gasteiger partial charge in [0, 0.05) is 19.3 Å². The molecule has 0 fully saturated rings. The van der Waals surface area contributed by atoms with E-state index in [1.54, 1.807) is 0 Å². The Hall–Kier alpha value is -0.830. The predicted octanol–water partition coefficient (Wildman–Crippen LogP) is 0.700. The molecule has 1 aromatic heterocycles. The molecular weight excluding hydrogens is 126 g/mol. The average molecular weight is 139 g/mol. The molecule has 1 heterocycles. The molecule has 0 bridgehead atoms. The van der Waals surface area contributed by atoms with Crippen molar-refractivity contribution in [3.05, 3.63) is 18.2 Å². The zero-order valence-electron chi connectivity index (χ0n) is 6.63. The van der Waals surface area contributed by atoms with Gasteiger partial charge in [-0.1, -0.05) is 0 Å². The lowest BCUT2D eigenvalue weighted by molar-refractivity contribution is 0.635. The molecule has 1 atom stereocenters. The molecule has 1 N–H and O–H groups in total. The van der Waals surface area contributed by atoms with Crippen molar-refractivity contribution in [2.24, 2.45) is 7.05 Å². The maximum Gasteiger partial charge on any atom is 0.0947 e. The van der Waals surface area contributed by atoms with Crippen LogP contribution in [0.2, 0.25) is 0 Å². The number of rotatable bonds is 2. The zero-order valence-corrected chi connectivity index (χ0v) is 6.63. The first-order valence-corrected chi connectivity index (χ1v) is 3.39. The lowest BCUT2D eigenvalue weighted by Gasteiger charge is -2.04. The van der Waals surface area contributed by atoms with Crippen LogP contribution in [-0.2, 0) is 7.05 Å². The van der Waals surface area contributed by atoms with Crippen molar-refractivity contribution in [2.45, 2.75) is 13.0 Å². The van der Waals surface area contributed by atoms with Crippen LogP contribution in [0.5, 0.6) is 0 Å². The van der Waals surface area contributed by atoms with Gasteiger partial charge >= 0.3 is 0 Å². The van der Waals surface area contributed by atoms with Gasteiger partial charge in [0.05, 0.1) is 12.0 Å². The Bertz CT molecular complexity index is 204. The number of nitrogens with zero attached hydrogens (tertiary/aromatic N) is 2. The third-order valence-electron chi connectivity index (χ3n) is 1.60. The molecular formula is C7H13N3. The smallest absolute Gasteiger partial charge is 0.0947 e. The molecule has 1 aromatic rings. The molecule has 56 valence electrons. The number of imidazole rings is 1. The Morgan fingerprint density at radius 3 is 2.80 bits per heavy atom. The fourth-order valence-corrected chi connectivity index (χ4v) is 0.805. The minimum atomic E-state index is 0.348. The zero-order chi connectivity index (χ0) is 7.56. The third kappa shape index (κ3) is 1.36. The first-order chi connectivity index (χ1) is 4.74. The normalized spacial score (nSPS) is 13.5. The third-order valence-corrected chi connectivity index (χ3v) is 1.60. The molecule has 10 heavy (non-hydrogen) atoms. The van der Waals surface area contributed by atoms with E-state index in [1.807, 2.05) is 31.2 Å². The van der Waals surface area contributed by atoms with Crippen molar-refractivity contribution >= 4 is 0 Å². The molecule has 0 aromatic carbocycles. The van der Waals surface area contributed by atoms with Gasteiger partial charge in [0.1, 0.15) is 0 Å². The number of aromatic nitrogens is 2. The lowest BCUT2D eigenvalue weighted by atomic mass is 10.3. The Balaban J connectivity index is 2.74. The second-order valence-electron chi connectivity index (χ2n) is 2.47. The minimum absolute atomic E-state index is 0.348. The first-order valence-electron chi connectivity index (χ1n) is 3.39. The van der Waals surface area contributed by atoms with E-state index in [0.29, 0.717) is 6.04 Å². The highest BCUT2D eigenvalue weighted by Gasteiger charge is 2.03. The SMILES string of the molecule is CNC(C)c1cn(C)cn1. The predicted molar refractivity (Wildman–Crippen MR) is 40.7 cm³/mol. The van der Waals surface area contributed by atoms with E-state index in [9.17, 15) is 0 Å². The standard InChI is InChI=1S/C7H13N3/c1-6(8-2)7-4-10(3)5-9-7/h4-6,8H,1-3H3. The van der Waals surface area contributed by atoms with Gasteiger partial charge in [0.2, 0.25) is 0 Å². The van der Waals surface area contributed by atoms with E-state index in [-0.39, 0.29) is 0 Å². The summed E-state index contributed by atoms with van der Waals surface area (Å²) >= 11 is 0. The second kappa shape index (κ2) is 2.84. The van der Waals surface area contributed by atoms with E-state index in [1.165, 1.54) is 0 Å². The summed E-state index contributed by atoms with van der Waals surface area (Å²) in [6, 6.07) is 0.348. The average Bonchev–Trinajstić information content (AvgIpc) is 2.34. The molecule has 0 aliphatic heterocycles. The van der Waals surface area contributed by atoms with Crippen LogP contribution in [-0.4, -0.2) is 16.6 Å². The van der Waals surface area contributed by atoms with Crippen LogP contribution in [0.4, 0.5) is 0 Å². The van der Waals surface area contributed by atoms with Crippen LogP contribution in [0.3, 0.4) is 0 Å². The maximum absolute atomic E-state index is 4.19. The van der Waals surface area contributed by atoms with Gasteiger partial charge in [-0.05, 0) is 14.0 Å². The second-order valence-corrected chi connectivity index (χ2v) is 2.47. The molecule has 0 aliphatic carbocycles. The molecule has 3 heteroatoms. The number of nitrogens with one attached hydrogen (secondary N) is 1. The molecule has 0 radical (unpaired) electrons. The van der Waals surface area contributed by atoms with Crippen molar-refractivity contribution in [2.75, 3.05) is 7.05 Å². The topological polar surface area (TPSA) is 29.9 Å². The molecule has 3 nitrogen and oxygen atoms in total. The lowest BCUT2D eigenvalue weighted by Crippen LogP contribution is -2.12.